The Labute approximate surface area is 112 Å². The summed E-state index contributed by atoms with van der Waals surface area (Å²) in [7, 11) is 0. The van der Waals surface area contributed by atoms with Crippen LogP contribution < -0.4 is 11.1 Å². The second-order valence-electron chi connectivity index (χ2n) is 4.08. The highest BCUT2D eigenvalue weighted by molar-refractivity contribution is 5.99. The third kappa shape index (κ3) is 2.93. The Kier molecular flexibility index (Phi) is 3.69. The first kappa shape index (κ1) is 14.0. The molecule has 0 unspecified atom stereocenters. The van der Waals surface area contributed by atoms with Crippen LogP contribution in [-0.4, -0.2) is 5.91 Å². The van der Waals surface area contributed by atoms with Crippen molar-refractivity contribution in [2.45, 2.75) is 12.7 Å². The maximum absolute atomic E-state index is 12.7. The van der Waals surface area contributed by atoms with E-state index in [0.29, 0.717) is 5.56 Å². The molecule has 4 nitrogen and oxygen atoms in total. The highest BCUT2D eigenvalue weighted by Gasteiger charge is 2.34. The fraction of sp³-hybridized carbons (Fsp3) is 0.154. The number of para-hydroxylation sites is 1. The summed E-state index contributed by atoms with van der Waals surface area (Å²) in [5.74, 6) is -0.671. The second-order valence-corrected chi connectivity index (χ2v) is 4.08. The van der Waals surface area contributed by atoms with Gasteiger partial charge in [0.1, 0.15) is 0 Å². The minimum Gasteiger partial charge on any atom is -0.472 e. The predicted molar refractivity (Wildman–Crippen MR) is 65.7 cm³/mol. The Hall–Kier alpha value is -2.44. The molecule has 7 heteroatoms. The van der Waals surface area contributed by atoms with Crippen molar-refractivity contribution in [2.24, 2.45) is 0 Å². The van der Waals surface area contributed by atoms with E-state index in [2.05, 4.69) is 5.32 Å². The van der Waals surface area contributed by atoms with Crippen LogP contribution in [0.1, 0.15) is 21.5 Å². The molecule has 0 saturated carbocycles. The zero-order valence-electron chi connectivity index (χ0n) is 10.2. The van der Waals surface area contributed by atoms with Crippen LogP contribution in [0.25, 0.3) is 0 Å². The Morgan fingerprint density at radius 1 is 1.30 bits per heavy atom. The van der Waals surface area contributed by atoms with Crippen molar-refractivity contribution in [3.8, 4) is 0 Å². The summed E-state index contributed by atoms with van der Waals surface area (Å²) in [4.78, 5) is 11.9. The van der Waals surface area contributed by atoms with Gasteiger partial charge >= 0.3 is 6.18 Å². The minimum absolute atomic E-state index is 0.144. The maximum Gasteiger partial charge on any atom is 0.418 e. The fourth-order valence-electron chi connectivity index (χ4n) is 1.68. The molecule has 2 rings (SSSR count). The quantitative estimate of drug-likeness (QED) is 0.852. The van der Waals surface area contributed by atoms with Gasteiger partial charge in [-0.15, -0.1) is 0 Å². The highest BCUT2D eigenvalue weighted by atomic mass is 19.4. The molecule has 0 aliphatic rings. The van der Waals surface area contributed by atoms with Gasteiger partial charge in [-0.25, -0.2) is 0 Å². The van der Waals surface area contributed by atoms with Gasteiger partial charge < -0.3 is 15.5 Å². The number of rotatable bonds is 3. The van der Waals surface area contributed by atoms with Crippen LogP contribution in [0.3, 0.4) is 0 Å². The van der Waals surface area contributed by atoms with Crippen LogP contribution in [0.2, 0.25) is 0 Å². The maximum atomic E-state index is 12.7. The van der Waals surface area contributed by atoms with Crippen molar-refractivity contribution in [1.29, 1.82) is 0 Å². The summed E-state index contributed by atoms with van der Waals surface area (Å²) in [5, 5.41) is 2.47. The van der Waals surface area contributed by atoms with Gasteiger partial charge in [0.25, 0.3) is 5.91 Å². The van der Waals surface area contributed by atoms with Gasteiger partial charge in [0.15, 0.2) is 0 Å². The molecule has 0 aliphatic carbocycles. The van der Waals surface area contributed by atoms with Crippen LogP contribution >= 0.6 is 0 Å². The first-order valence-electron chi connectivity index (χ1n) is 5.64. The first-order chi connectivity index (χ1) is 9.39. The van der Waals surface area contributed by atoms with Gasteiger partial charge in [0, 0.05) is 12.1 Å². The van der Waals surface area contributed by atoms with E-state index in [-0.39, 0.29) is 12.1 Å². The van der Waals surface area contributed by atoms with E-state index >= 15 is 0 Å². The summed E-state index contributed by atoms with van der Waals surface area (Å²) < 4.78 is 42.8. The topological polar surface area (TPSA) is 68.3 Å². The average Bonchev–Trinajstić information content (AvgIpc) is 2.88. The fourth-order valence-corrected chi connectivity index (χ4v) is 1.68. The molecule has 0 spiro atoms. The third-order valence-electron chi connectivity index (χ3n) is 2.69. The van der Waals surface area contributed by atoms with Crippen LogP contribution in [0.5, 0.6) is 0 Å². The van der Waals surface area contributed by atoms with Gasteiger partial charge in [0.05, 0.1) is 29.3 Å². The van der Waals surface area contributed by atoms with E-state index in [9.17, 15) is 18.0 Å². The monoisotopic (exact) mass is 284 g/mol. The summed E-state index contributed by atoms with van der Waals surface area (Å²) in [6.07, 6.45) is -1.74. The molecule has 0 bridgehead atoms. The standard InChI is InChI=1S/C13H11F3N2O2/c14-13(15,16)10-3-1-2-9(11(10)17)12(19)18-6-8-4-5-20-7-8/h1-5,7H,6,17H2,(H,18,19). The number of alkyl halides is 3. The highest BCUT2D eigenvalue weighted by Crippen LogP contribution is 2.34. The van der Waals surface area contributed by atoms with Crippen LogP contribution in [-0.2, 0) is 12.7 Å². The summed E-state index contributed by atoms with van der Waals surface area (Å²) in [6.45, 7) is 0.144. The number of halogens is 3. The van der Waals surface area contributed by atoms with Crippen molar-refractivity contribution in [1.82, 2.24) is 5.32 Å². The average molecular weight is 284 g/mol. The number of benzene rings is 1. The minimum atomic E-state index is -4.59. The lowest BCUT2D eigenvalue weighted by Gasteiger charge is -2.13. The number of furan rings is 1. The molecule has 0 saturated heterocycles. The number of hydrogen-bond donors (Lipinski definition) is 2. The molecule has 1 heterocycles. The van der Waals surface area contributed by atoms with Crippen molar-refractivity contribution in [3.63, 3.8) is 0 Å². The van der Waals surface area contributed by atoms with Crippen LogP contribution in [0.15, 0.2) is 41.2 Å². The Morgan fingerprint density at radius 2 is 2.05 bits per heavy atom. The number of hydrogen-bond acceptors (Lipinski definition) is 3. The normalized spacial score (nSPS) is 11.3. The van der Waals surface area contributed by atoms with E-state index in [0.717, 1.165) is 12.1 Å². The Bertz CT molecular complexity index is 607. The Balaban J connectivity index is 2.18. The molecule has 0 radical (unpaired) electrons. The van der Waals surface area contributed by atoms with Crippen molar-refractivity contribution in [3.05, 3.63) is 53.5 Å². The molecule has 1 aromatic heterocycles. The van der Waals surface area contributed by atoms with E-state index in [1.807, 2.05) is 0 Å². The lowest BCUT2D eigenvalue weighted by atomic mass is 10.1. The molecule has 1 aromatic carbocycles. The lowest BCUT2D eigenvalue weighted by Crippen LogP contribution is -2.24. The zero-order chi connectivity index (χ0) is 14.8. The van der Waals surface area contributed by atoms with Crippen molar-refractivity contribution >= 4 is 11.6 Å². The summed E-state index contributed by atoms with van der Waals surface area (Å²) in [5.41, 5.74) is 4.31. The molecule has 2 aromatic rings. The number of carbonyl (C=O) groups is 1. The van der Waals surface area contributed by atoms with E-state index in [1.165, 1.54) is 18.6 Å². The number of nitrogens with two attached hydrogens (primary N) is 1. The smallest absolute Gasteiger partial charge is 0.418 e. The lowest BCUT2D eigenvalue weighted by molar-refractivity contribution is -0.136. The van der Waals surface area contributed by atoms with Crippen LogP contribution in [0, 0.1) is 0 Å². The van der Waals surface area contributed by atoms with Crippen molar-refractivity contribution < 1.29 is 22.4 Å². The molecule has 3 N–H and O–H groups in total. The predicted octanol–water partition coefficient (Wildman–Crippen LogP) is 2.81. The molecular weight excluding hydrogens is 273 g/mol. The zero-order valence-corrected chi connectivity index (χ0v) is 10.2. The van der Waals surface area contributed by atoms with E-state index < -0.39 is 23.3 Å². The van der Waals surface area contributed by atoms with Crippen molar-refractivity contribution in [2.75, 3.05) is 5.73 Å². The first-order valence-corrected chi connectivity index (χ1v) is 5.64. The van der Waals surface area contributed by atoms with Crippen LogP contribution in [0.4, 0.5) is 18.9 Å². The SMILES string of the molecule is Nc1c(C(=O)NCc2ccoc2)cccc1C(F)(F)F. The number of nitrogens with one attached hydrogen (secondary N) is 1. The van der Waals surface area contributed by atoms with E-state index in [4.69, 9.17) is 10.2 Å². The number of anilines is 1. The van der Waals surface area contributed by atoms with Gasteiger partial charge in [-0.05, 0) is 18.2 Å². The van der Waals surface area contributed by atoms with Gasteiger partial charge in [-0.3, -0.25) is 4.79 Å². The number of amides is 1. The van der Waals surface area contributed by atoms with E-state index in [1.54, 1.807) is 6.07 Å². The molecular formula is C13H11F3N2O2. The van der Waals surface area contributed by atoms with Gasteiger partial charge in [-0.1, -0.05) is 6.07 Å². The molecule has 0 fully saturated rings. The van der Waals surface area contributed by atoms with Gasteiger partial charge in [0.2, 0.25) is 0 Å². The van der Waals surface area contributed by atoms with Gasteiger partial charge in [-0.2, -0.15) is 13.2 Å². The molecule has 0 atom stereocenters. The second kappa shape index (κ2) is 5.28. The Morgan fingerprint density at radius 3 is 2.65 bits per heavy atom. The summed E-state index contributed by atoms with van der Waals surface area (Å²) >= 11 is 0. The largest absolute Gasteiger partial charge is 0.472 e. The molecule has 20 heavy (non-hydrogen) atoms. The molecule has 106 valence electrons. The number of carbonyl (C=O) groups excluding carboxylic acids is 1. The molecule has 1 amide bonds. The number of nitrogen functional groups attached to an aromatic ring is 1. The third-order valence-corrected chi connectivity index (χ3v) is 2.69. The molecule has 0 aliphatic heterocycles. The summed E-state index contributed by atoms with van der Waals surface area (Å²) in [6, 6.07) is 4.86.